The Balaban J connectivity index is 2.15. The van der Waals surface area contributed by atoms with Crippen LogP contribution in [0, 0.1) is 5.82 Å². The van der Waals surface area contributed by atoms with E-state index in [4.69, 9.17) is 5.73 Å². The summed E-state index contributed by atoms with van der Waals surface area (Å²) in [5.74, 6) is -0.579. The van der Waals surface area contributed by atoms with Crippen molar-refractivity contribution in [3.8, 4) is 0 Å². The molecule has 0 saturated carbocycles. The van der Waals surface area contributed by atoms with E-state index in [0.717, 1.165) is 4.47 Å². The molecule has 0 aliphatic carbocycles. The van der Waals surface area contributed by atoms with Gasteiger partial charge in [0, 0.05) is 15.7 Å². The van der Waals surface area contributed by atoms with Gasteiger partial charge in [0.05, 0.1) is 6.04 Å². The predicted octanol–water partition coefficient (Wildman–Crippen LogP) is 3.66. The van der Waals surface area contributed by atoms with Crippen LogP contribution in [0.3, 0.4) is 0 Å². The Hall–Kier alpha value is -1.88. The smallest absolute Gasteiger partial charge is 0.251 e. The summed E-state index contributed by atoms with van der Waals surface area (Å²) >= 11 is 3.29. The molecule has 0 bridgehead atoms. The van der Waals surface area contributed by atoms with Gasteiger partial charge in [0.25, 0.3) is 5.91 Å². The van der Waals surface area contributed by atoms with E-state index in [1.807, 2.05) is 0 Å². The molecule has 20 heavy (non-hydrogen) atoms. The average molecular weight is 337 g/mol. The quantitative estimate of drug-likeness (QED) is 0.840. The molecule has 0 aliphatic rings. The van der Waals surface area contributed by atoms with E-state index in [-0.39, 0.29) is 17.8 Å². The van der Waals surface area contributed by atoms with Crippen LogP contribution in [-0.2, 0) is 0 Å². The molecule has 0 spiro atoms. The fraction of sp³-hybridized carbons (Fsp3) is 0.133. The van der Waals surface area contributed by atoms with Crippen molar-refractivity contribution in [3.05, 3.63) is 63.9 Å². The summed E-state index contributed by atoms with van der Waals surface area (Å²) in [6, 6.07) is 10.9. The van der Waals surface area contributed by atoms with E-state index in [1.54, 1.807) is 37.3 Å². The van der Waals surface area contributed by atoms with Crippen molar-refractivity contribution < 1.29 is 9.18 Å². The number of carbonyl (C=O) groups excluding carboxylic acids is 1. The minimum Gasteiger partial charge on any atom is -0.399 e. The predicted molar refractivity (Wildman–Crippen MR) is 80.8 cm³/mol. The highest BCUT2D eigenvalue weighted by Crippen LogP contribution is 2.19. The second kappa shape index (κ2) is 6.05. The summed E-state index contributed by atoms with van der Waals surface area (Å²) in [4.78, 5) is 12.1. The number of anilines is 1. The first-order chi connectivity index (χ1) is 9.45. The maximum atomic E-state index is 13.2. The van der Waals surface area contributed by atoms with Gasteiger partial charge in [-0.1, -0.05) is 28.1 Å². The lowest BCUT2D eigenvalue weighted by Crippen LogP contribution is -2.26. The SMILES string of the molecule is C[C@@H](NC(=O)c1cc(N)cc(Br)c1)c1cccc(F)c1. The van der Waals surface area contributed by atoms with Crippen LogP contribution in [0.5, 0.6) is 0 Å². The number of nitrogen functional groups attached to an aromatic ring is 1. The topological polar surface area (TPSA) is 55.1 Å². The molecule has 2 aromatic rings. The number of benzene rings is 2. The van der Waals surface area contributed by atoms with Gasteiger partial charge in [-0.25, -0.2) is 4.39 Å². The summed E-state index contributed by atoms with van der Waals surface area (Å²) in [6.45, 7) is 1.80. The van der Waals surface area contributed by atoms with Crippen LogP contribution in [0.25, 0.3) is 0 Å². The molecule has 5 heteroatoms. The first-order valence-electron chi connectivity index (χ1n) is 6.08. The lowest BCUT2D eigenvalue weighted by atomic mass is 10.1. The molecule has 3 N–H and O–H groups in total. The van der Waals surface area contributed by atoms with Crippen molar-refractivity contribution in [2.24, 2.45) is 0 Å². The molecule has 0 aromatic heterocycles. The minimum absolute atomic E-state index is 0.255. The third-order valence-electron chi connectivity index (χ3n) is 2.88. The second-order valence-electron chi connectivity index (χ2n) is 4.52. The van der Waals surface area contributed by atoms with E-state index in [0.29, 0.717) is 16.8 Å². The number of hydrogen-bond acceptors (Lipinski definition) is 2. The first-order valence-corrected chi connectivity index (χ1v) is 6.87. The van der Waals surface area contributed by atoms with Crippen LogP contribution >= 0.6 is 15.9 Å². The number of rotatable bonds is 3. The molecule has 0 radical (unpaired) electrons. The molecule has 0 unspecified atom stereocenters. The second-order valence-corrected chi connectivity index (χ2v) is 5.44. The van der Waals surface area contributed by atoms with Gasteiger partial charge in [-0.05, 0) is 42.8 Å². The number of nitrogens with one attached hydrogen (secondary N) is 1. The van der Waals surface area contributed by atoms with Gasteiger partial charge in [0.2, 0.25) is 0 Å². The zero-order chi connectivity index (χ0) is 14.7. The summed E-state index contributed by atoms with van der Waals surface area (Å²) in [5, 5.41) is 2.81. The van der Waals surface area contributed by atoms with Crippen molar-refractivity contribution in [1.29, 1.82) is 0 Å². The number of hydrogen-bond donors (Lipinski definition) is 2. The lowest BCUT2D eigenvalue weighted by Gasteiger charge is -2.15. The Labute approximate surface area is 125 Å². The van der Waals surface area contributed by atoms with Crippen molar-refractivity contribution in [3.63, 3.8) is 0 Å². The minimum atomic E-state index is -0.324. The molecule has 104 valence electrons. The summed E-state index contributed by atoms with van der Waals surface area (Å²) in [6.07, 6.45) is 0. The van der Waals surface area contributed by atoms with Gasteiger partial charge in [-0.2, -0.15) is 0 Å². The summed E-state index contributed by atoms with van der Waals surface area (Å²) < 4.78 is 13.9. The molecule has 0 fully saturated rings. The zero-order valence-electron chi connectivity index (χ0n) is 10.9. The van der Waals surface area contributed by atoms with Crippen LogP contribution in [0.15, 0.2) is 46.9 Å². The summed E-state index contributed by atoms with van der Waals surface area (Å²) in [7, 11) is 0. The maximum Gasteiger partial charge on any atom is 0.251 e. The van der Waals surface area contributed by atoms with Gasteiger partial charge in [-0.3, -0.25) is 4.79 Å². The fourth-order valence-corrected chi connectivity index (χ4v) is 2.39. The van der Waals surface area contributed by atoms with Crippen molar-refractivity contribution in [2.75, 3.05) is 5.73 Å². The molecule has 0 heterocycles. The number of halogens is 2. The number of nitrogens with two attached hydrogens (primary N) is 1. The Morgan fingerprint density at radius 1 is 1.30 bits per heavy atom. The molecule has 1 amide bonds. The molecule has 1 atom stereocenters. The fourth-order valence-electron chi connectivity index (χ4n) is 1.88. The highest BCUT2D eigenvalue weighted by molar-refractivity contribution is 9.10. The first kappa shape index (κ1) is 14.5. The van der Waals surface area contributed by atoms with E-state index >= 15 is 0 Å². The van der Waals surface area contributed by atoms with Gasteiger partial charge in [-0.15, -0.1) is 0 Å². The van der Waals surface area contributed by atoms with Gasteiger partial charge < -0.3 is 11.1 Å². The monoisotopic (exact) mass is 336 g/mol. The molecule has 0 saturated heterocycles. The third-order valence-corrected chi connectivity index (χ3v) is 3.34. The van der Waals surface area contributed by atoms with E-state index < -0.39 is 0 Å². The number of carbonyl (C=O) groups is 1. The van der Waals surface area contributed by atoms with Gasteiger partial charge in [0.15, 0.2) is 0 Å². The molecule has 0 aliphatic heterocycles. The molecule has 2 aromatic carbocycles. The van der Waals surface area contributed by atoms with Crippen LogP contribution < -0.4 is 11.1 Å². The molecule has 3 nitrogen and oxygen atoms in total. The Bertz CT molecular complexity index is 625. The zero-order valence-corrected chi connectivity index (χ0v) is 12.4. The highest BCUT2D eigenvalue weighted by Gasteiger charge is 2.12. The Morgan fingerprint density at radius 2 is 2.05 bits per heavy atom. The van der Waals surface area contributed by atoms with Crippen LogP contribution in [0.1, 0.15) is 28.9 Å². The Morgan fingerprint density at radius 3 is 2.70 bits per heavy atom. The number of amides is 1. The van der Waals surface area contributed by atoms with Crippen LogP contribution in [0.4, 0.5) is 10.1 Å². The van der Waals surface area contributed by atoms with E-state index in [2.05, 4.69) is 21.2 Å². The molecule has 2 rings (SSSR count). The highest BCUT2D eigenvalue weighted by atomic mass is 79.9. The lowest BCUT2D eigenvalue weighted by molar-refractivity contribution is 0.0940. The van der Waals surface area contributed by atoms with E-state index in [9.17, 15) is 9.18 Å². The Kier molecular flexibility index (Phi) is 4.39. The molecular weight excluding hydrogens is 323 g/mol. The average Bonchev–Trinajstić information content (AvgIpc) is 2.37. The van der Waals surface area contributed by atoms with Crippen LogP contribution in [0.2, 0.25) is 0 Å². The largest absolute Gasteiger partial charge is 0.399 e. The van der Waals surface area contributed by atoms with E-state index in [1.165, 1.54) is 12.1 Å². The molecular formula is C15H14BrFN2O. The van der Waals surface area contributed by atoms with Crippen molar-refractivity contribution in [1.82, 2.24) is 5.32 Å². The van der Waals surface area contributed by atoms with Gasteiger partial charge >= 0.3 is 0 Å². The summed E-state index contributed by atoms with van der Waals surface area (Å²) in [5.41, 5.74) is 7.37. The standard InChI is InChI=1S/C15H14BrFN2O/c1-9(10-3-2-4-13(17)6-10)19-15(20)11-5-12(16)8-14(18)7-11/h2-9H,18H2,1H3,(H,19,20)/t9-/m1/s1. The third kappa shape index (κ3) is 3.57. The normalized spacial score (nSPS) is 11.9. The van der Waals surface area contributed by atoms with Gasteiger partial charge in [0.1, 0.15) is 5.82 Å². The van der Waals surface area contributed by atoms with Crippen molar-refractivity contribution >= 4 is 27.5 Å². The maximum absolute atomic E-state index is 13.2. The van der Waals surface area contributed by atoms with Crippen molar-refractivity contribution in [2.45, 2.75) is 13.0 Å². The van der Waals surface area contributed by atoms with Crippen LogP contribution in [-0.4, -0.2) is 5.91 Å².